The number of rotatable bonds is 9. The summed E-state index contributed by atoms with van der Waals surface area (Å²) in [5.41, 5.74) is 0.939. The average molecular weight is 602 g/mol. The zero-order valence-electron chi connectivity index (χ0n) is 24.7. The second-order valence-corrected chi connectivity index (χ2v) is 11.9. The first kappa shape index (κ1) is 31.8. The monoisotopic (exact) mass is 601 g/mol. The Labute approximate surface area is 249 Å². The van der Waals surface area contributed by atoms with E-state index in [0.717, 1.165) is 24.8 Å². The van der Waals surface area contributed by atoms with Gasteiger partial charge in [-0.1, -0.05) is 12.1 Å². The van der Waals surface area contributed by atoms with Gasteiger partial charge in [-0.25, -0.2) is 14.8 Å². The molecule has 2 N–H and O–H groups in total. The Morgan fingerprint density at radius 2 is 1.67 bits per heavy atom. The Balaban J connectivity index is 1.33. The second-order valence-electron chi connectivity index (χ2n) is 11.9. The highest BCUT2D eigenvalue weighted by atomic mass is 19.4. The third kappa shape index (κ3) is 8.95. The summed E-state index contributed by atoms with van der Waals surface area (Å²) in [6, 6.07) is 10.0. The van der Waals surface area contributed by atoms with Crippen LogP contribution in [-0.2, 0) is 22.1 Å². The van der Waals surface area contributed by atoms with Crippen LogP contribution in [0.2, 0.25) is 0 Å². The molecule has 1 atom stereocenters. The van der Waals surface area contributed by atoms with E-state index in [1.165, 1.54) is 6.07 Å². The topological polar surface area (TPSA) is 123 Å². The summed E-state index contributed by atoms with van der Waals surface area (Å²) in [6.45, 7) is 7.65. The molecule has 10 nitrogen and oxygen atoms in total. The Hall–Kier alpha value is -4.08. The van der Waals surface area contributed by atoms with Crippen molar-refractivity contribution in [3.63, 3.8) is 0 Å². The molecule has 4 rings (SSSR count). The summed E-state index contributed by atoms with van der Waals surface area (Å²) in [6.07, 6.45) is -1.91. The molecule has 13 heteroatoms. The number of alkyl halides is 3. The zero-order chi connectivity index (χ0) is 31.2. The largest absolute Gasteiger partial charge is 0.451 e. The molecule has 43 heavy (non-hydrogen) atoms. The van der Waals surface area contributed by atoms with E-state index in [2.05, 4.69) is 26.7 Å². The van der Waals surface area contributed by atoms with E-state index in [4.69, 9.17) is 10.00 Å². The lowest BCUT2D eigenvalue weighted by atomic mass is 9.93. The molecule has 2 aromatic rings. The van der Waals surface area contributed by atoms with Crippen molar-refractivity contribution in [3.8, 4) is 6.07 Å². The maximum Gasteiger partial charge on any atom is 0.451 e. The van der Waals surface area contributed by atoms with Crippen LogP contribution < -0.4 is 20.4 Å². The lowest BCUT2D eigenvalue weighted by Crippen LogP contribution is -2.57. The van der Waals surface area contributed by atoms with Gasteiger partial charge in [0.15, 0.2) is 0 Å². The molecule has 0 radical (unpaired) electrons. The molecule has 2 aliphatic rings. The lowest BCUT2D eigenvalue weighted by molar-refractivity contribution is -0.144. The number of piperidine rings is 1. The highest BCUT2D eigenvalue weighted by molar-refractivity contribution is 5.86. The van der Waals surface area contributed by atoms with Crippen molar-refractivity contribution in [3.05, 3.63) is 47.3 Å². The Bertz CT molecular complexity index is 1310. The van der Waals surface area contributed by atoms with Crippen LogP contribution in [0.5, 0.6) is 0 Å². The molecular formula is C30H38F3N7O3. The van der Waals surface area contributed by atoms with Crippen LogP contribution in [0.3, 0.4) is 0 Å². The van der Waals surface area contributed by atoms with Gasteiger partial charge >= 0.3 is 12.3 Å². The number of nitrogens with one attached hydrogen (secondary N) is 2. The molecule has 2 fully saturated rings. The fourth-order valence-electron chi connectivity index (χ4n) is 5.13. The van der Waals surface area contributed by atoms with Gasteiger partial charge in [0.25, 0.3) is 0 Å². The van der Waals surface area contributed by atoms with Gasteiger partial charge < -0.3 is 25.2 Å². The smallest absolute Gasteiger partial charge is 0.444 e. The summed E-state index contributed by atoms with van der Waals surface area (Å²) >= 11 is 0. The van der Waals surface area contributed by atoms with Crippen molar-refractivity contribution in [1.82, 2.24) is 20.6 Å². The van der Waals surface area contributed by atoms with Crippen molar-refractivity contribution >= 4 is 23.6 Å². The third-order valence-electron chi connectivity index (χ3n) is 7.52. The maximum atomic E-state index is 13.8. The number of anilines is 2. The van der Waals surface area contributed by atoms with Gasteiger partial charge in [-0.15, -0.1) is 0 Å². The van der Waals surface area contributed by atoms with E-state index in [1.807, 2.05) is 17.0 Å². The highest BCUT2D eigenvalue weighted by Crippen LogP contribution is 2.34. The number of carbonyl (C=O) groups excluding carboxylic acids is 2. The summed E-state index contributed by atoms with van der Waals surface area (Å²) in [5, 5.41) is 14.5. The van der Waals surface area contributed by atoms with E-state index in [-0.39, 0.29) is 17.5 Å². The Morgan fingerprint density at radius 3 is 2.26 bits per heavy atom. The van der Waals surface area contributed by atoms with E-state index in [1.54, 1.807) is 37.8 Å². The van der Waals surface area contributed by atoms with E-state index >= 15 is 0 Å². The molecular weight excluding hydrogens is 563 g/mol. The van der Waals surface area contributed by atoms with Crippen molar-refractivity contribution in [2.75, 3.05) is 42.5 Å². The first-order valence-electron chi connectivity index (χ1n) is 14.5. The number of hydrogen-bond acceptors (Lipinski definition) is 8. The number of aromatic nitrogens is 2. The number of carbonyl (C=O) groups is 2. The van der Waals surface area contributed by atoms with Gasteiger partial charge in [0, 0.05) is 38.8 Å². The van der Waals surface area contributed by atoms with Crippen molar-refractivity contribution < 1.29 is 27.5 Å². The Morgan fingerprint density at radius 1 is 1.00 bits per heavy atom. The van der Waals surface area contributed by atoms with Crippen LogP contribution in [0.1, 0.15) is 63.4 Å². The molecule has 232 valence electrons. The molecule has 1 aromatic heterocycles. The van der Waals surface area contributed by atoms with Crippen LogP contribution in [0.4, 0.5) is 29.6 Å². The molecule has 0 unspecified atom stereocenters. The summed E-state index contributed by atoms with van der Waals surface area (Å²) in [5.74, 6) is -0.915. The maximum absolute atomic E-state index is 13.8. The number of hydrogen-bond donors (Lipinski definition) is 2. The minimum atomic E-state index is -4.74. The average Bonchev–Trinajstić information content (AvgIpc) is 2.91. The van der Waals surface area contributed by atoms with Gasteiger partial charge in [-0.3, -0.25) is 4.79 Å². The lowest BCUT2D eigenvalue weighted by Gasteiger charge is -2.41. The molecule has 1 aromatic carbocycles. The SMILES string of the molecule is CC(C)(C)OC(=O)NCCC1CCN(c2cc(N3CC[C@H]3C(=O)NCCc3ccc(C#N)cc3)nc(C(F)(F)F)n2)CC1. The first-order chi connectivity index (χ1) is 20.3. The second kappa shape index (κ2) is 13.5. The molecule has 0 spiro atoms. The minimum absolute atomic E-state index is 0.0829. The van der Waals surface area contributed by atoms with E-state index in [0.29, 0.717) is 57.0 Å². The number of halogens is 3. The molecule has 0 bridgehead atoms. The zero-order valence-corrected chi connectivity index (χ0v) is 24.7. The van der Waals surface area contributed by atoms with Gasteiger partial charge in [-0.2, -0.15) is 18.4 Å². The van der Waals surface area contributed by atoms with Crippen molar-refractivity contribution in [1.29, 1.82) is 5.26 Å². The number of nitriles is 1. The number of amides is 2. The van der Waals surface area contributed by atoms with Gasteiger partial charge in [0.2, 0.25) is 11.7 Å². The molecule has 2 saturated heterocycles. The summed E-state index contributed by atoms with van der Waals surface area (Å²) < 4.78 is 46.6. The third-order valence-corrected chi connectivity index (χ3v) is 7.52. The molecule has 2 amide bonds. The standard InChI is InChI=1S/C30H38F3N7O3/c1-29(2,3)43-28(42)36-14-9-21-10-15-39(16-11-21)24-18-25(38-27(37-24)30(31,32)33)40-17-12-23(40)26(41)35-13-8-20-4-6-22(19-34)7-5-20/h4-7,18,21,23H,8-17H2,1-3H3,(H,35,41)(H,36,42)/t23-/m0/s1. The number of alkyl carbamates (subject to hydrolysis) is 1. The van der Waals surface area contributed by atoms with Crippen LogP contribution >= 0.6 is 0 Å². The number of ether oxygens (including phenoxy) is 1. The van der Waals surface area contributed by atoms with Crippen LogP contribution in [-0.4, -0.2) is 66.3 Å². The van der Waals surface area contributed by atoms with Gasteiger partial charge in [0.05, 0.1) is 11.6 Å². The fourth-order valence-corrected chi connectivity index (χ4v) is 5.13. The van der Waals surface area contributed by atoms with E-state index in [9.17, 15) is 22.8 Å². The molecule has 0 saturated carbocycles. The predicted molar refractivity (Wildman–Crippen MR) is 154 cm³/mol. The van der Waals surface area contributed by atoms with Crippen molar-refractivity contribution in [2.45, 2.75) is 70.7 Å². The van der Waals surface area contributed by atoms with Gasteiger partial charge in [-0.05, 0) is 76.5 Å². The predicted octanol–water partition coefficient (Wildman–Crippen LogP) is 4.44. The molecule has 0 aliphatic carbocycles. The van der Waals surface area contributed by atoms with Crippen LogP contribution in [0.25, 0.3) is 0 Å². The van der Waals surface area contributed by atoms with Crippen LogP contribution in [0, 0.1) is 17.2 Å². The summed E-state index contributed by atoms with van der Waals surface area (Å²) in [7, 11) is 0. The van der Waals surface area contributed by atoms with E-state index < -0.39 is 29.7 Å². The minimum Gasteiger partial charge on any atom is -0.444 e. The van der Waals surface area contributed by atoms with Crippen LogP contribution in [0.15, 0.2) is 30.3 Å². The van der Waals surface area contributed by atoms with Crippen molar-refractivity contribution in [2.24, 2.45) is 5.92 Å². The molecule has 2 aliphatic heterocycles. The highest BCUT2D eigenvalue weighted by Gasteiger charge is 2.40. The summed E-state index contributed by atoms with van der Waals surface area (Å²) in [4.78, 5) is 35.8. The normalized spacial score (nSPS) is 17.6. The molecule has 3 heterocycles. The number of nitrogens with zero attached hydrogens (tertiary/aromatic N) is 5. The first-order valence-corrected chi connectivity index (χ1v) is 14.5. The number of benzene rings is 1. The quantitative estimate of drug-likeness (QED) is 0.433. The van der Waals surface area contributed by atoms with Gasteiger partial charge in [0.1, 0.15) is 23.3 Å². The Kier molecular flexibility index (Phi) is 9.98. The fraction of sp³-hybridized carbons (Fsp3) is 0.567.